The molecule has 0 N–H and O–H groups in total. The molecule has 2 aromatic rings. The SMILES string of the molecule is CCOC(=O)C(C)c1nc(-c2ccc(F)c(F)c2)no1. The van der Waals surface area contributed by atoms with Crippen molar-refractivity contribution < 1.29 is 22.8 Å². The van der Waals surface area contributed by atoms with Crippen LogP contribution in [0.15, 0.2) is 22.7 Å². The summed E-state index contributed by atoms with van der Waals surface area (Å²) in [6.07, 6.45) is 0. The summed E-state index contributed by atoms with van der Waals surface area (Å²) in [5.74, 6) is -3.04. The Labute approximate surface area is 113 Å². The Morgan fingerprint density at radius 3 is 2.80 bits per heavy atom. The molecule has 0 aliphatic carbocycles. The van der Waals surface area contributed by atoms with E-state index in [-0.39, 0.29) is 23.9 Å². The maximum absolute atomic E-state index is 13.1. The van der Waals surface area contributed by atoms with Gasteiger partial charge in [0.1, 0.15) is 5.92 Å². The van der Waals surface area contributed by atoms with Crippen molar-refractivity contribution >= 4 is 5.97 Å². The van der Waals surface area contributed by atoms with Crippen LogP contribution in [0.2, 0.25) is 0 Å². The highest BCUT2D eigenvalue weighted by Crippen LogP contribution is 2.22. The Kier molecular flexibility index (Phi) is 4.07. The molecule has 2 rings (SSSR count). The van der Waals surface area contributed by atoms with Gasteiger partial charge in [0.25, 0.3) is 0 Å². The molecule has 0 radical (unpaired) electrons. The summed E-state index contributed by atoms with van der Waals surface area (Å²) >= 11 is 0. The molecule has 20 heavy (non-hydrogen) atoms. The van der Waals surface area contributed by atoms with E-state index in [9.17, 15) is 13.6 Å². The monoisotopic (exact) mass is 282 g/mol. The van der Waals surface area contributed by atoms with Crippen LogP contribution in [0.25, 0.3) is 11.4 Å². The smallest absolute Gasteiger partial charge is 0.318 e. The third kappa shape index (κ3) is 2.81. The first-order valence-corrected chi connectivity index (χ1v) is 5.98. The van der Waals surface area contributed by atoms with Crippen LogP contribution in [0.3, 0.4) is 0 Å². The van der Waals surface area contributed by atoms with E-state index < -0.39 is 23.5 Å². The predicted octanol–water partition coefficient (Wildman–Crippen LogP) is 2.68. The molecule has 5 nitrogen and oxygen atoms in total. The molecule has 0 aliphatic heterocycles. The molecule has 1 aromatic carbocycles. The average molecular weight is 282 g/mol. The van der Waals surface area contributed by atoms with Crippen LogP contribution in [0.4, 0.5) is 8.78 Å². The topological polar surface area (TPSA) is 65.2 Å². The van der Waals surface area contributed by atoms with E-state index in [1.54, 1.807) is 13.8 Å². The quantitative estimate of drug-likeness (QED) is 0.807. The fourth-order valence-electron chi connectivity index (χ4n) is 1.53. The van der Waals surface area contributed by atoms with Crippen LogP contribution >= 0.6 is 0 Å². The van der Waals surface area contributed by atoms with Crippen molar-refractivity contribution in [2.24, 2.45) is 0 Å². The fraction of sp³-hybridized carbons (Fsp3) is 0.308. The Hall–Kier alpha value is -2.31. The van der Waals surface area contributed by atoms with Crippen molar-refractivity contribution in [3.05, 3.63) is 35.7 Å². The van der Waals surface area contributed by atoms with Gasteiger partial charge in [0.15, 0.2) is 11.6 Å². The summed E-state index contributed by atoms with van der Waals surface area (Å²) in [5.41, 5.74) is 0.259. The van der Waals surface area contributed by atoms with Gasteiger partial charge in [-0.15, -0.1) is 0 Å². The molecule has 1 unspecified atom stereocenters. The van der Waals surface area contributed by atoms with Crippen LogP contribution in [0, 0.1) is 11.6 Å². The van der Waals surface area contributed by atoms with Gasteiger partial charge in [0.2, 0.25) is 11.7 Å². The largest absolute Gasteiger partial charge is 0.465 e. The molecule has 0 saturated heterocycles. The number of benzene rings is 1. The highest BCUT2D eigenvalue weighted by molar-refractivity contribution is 5.76. The van der Waals surface area contributed by atoms with Gasteiger partial charge in [-0.05, 0) is 32.0 Å². The minimum absolute atomic E-state index is 0.0585. The van der Waals surface area contributed by atoms with E-state index in [4.69, 9.17) is 9.26 Å². The number of esters is 1. The maximum Gasteiger partial charge on any atom is 0.318 e. The lowest BCUT2D eigenvalue weighted by atomic mass is 10.2. The molecule has 0 bridgehead atoms. The van der Waals surface area contributed by atoms with Gasteiger partial charge in [-0.2, -0.15) is 4.98 Å². The van der Waals surface area contributed by atoms with Crippen molar-refractivity contribution in [2.45, 2.75) is 19.8 Å². The van der Waals surface area contributed by atoms with E-state index >= 15 is 0 Å². The number of rotatable bonds is 4. The summed E-state index contributed by atoms with van der Waals surface area (Å²) in [7, 11) is 0. The number of nitrogens with zero attached hydrogens (tertiary/aromatic N) is 2. The second-order valence-electron chi connectivity index (χ2n) is 4.06. The second-order valence-corrected chi connectivity index (χ2v) is 4.06. The van der Waals surface area contributed by atoms with Crippen LogP contribution in [0.1, 0.15) is 25.7 Å². The number of hydrogen-bond acceptors (Lipinski definition) is 5. The van der Waals surface area contributed by atoms with E-state index in [0.29, 0.717) is 0 Å². The molecule has 7 heteroatoms. The molecule has 1 atom stereocenters. The van der Waals surface area contributed by atoms with Crippen LogP contribution in [-0.4, -0.2) is 22.7 Å². The lowest BCUT2D eigenvalue weighted by Crippen LogP contribution is -2.13. The third-order valence-electron chi connectivity index (χ3n) is 2.63. The number of carbonyl (C=O) groups is 1. The van der Waals surface area contributed by atoms with Crippen LogP contribution in [-0.2, 0) is 9.53 Å². The van der Waals surface area contributed by atoms with Crippen molar-refractivity contribution in [1.82, 2.24) is 10.1 Å². The first-order valence-electron chi connectivity index (χ1n) is 5.98. The van der Waals surface area contributed by atoms with Crippen molar-refractivity contribution in [1.29, 1.82) is 0 Å². The molecule has 0 fully saturated rings. The van der Waals surface area contributed by atoms with Crippen molar-refractivity contribution in [2.75, 3.05) is 6.61 Å². The second kappa shape index (κ2) is 5.77. The summed E-state index contributed by atoms with van der Waals surface area (Å²) in [4.78, 5) is 15.5. The van der Waals surface area contributed by atoms with Gasteiger partial charge in [0, 0.05) is 5.56 Å². The van der Waals surface area contributed by atoms with Crippen LogP contribution in [0.5, 0.6) is 0 Å². The summed E-state index contributed by atoms with van der Waals surface area (Å²) in [5, 5.41) is 3.64. The predicted molar refractivity (Wildman–Crippen MR) is 64.7 cm³/mol. The molecule has 106 valence electrons. The molecular weight excluding hydrogens is 270 g/mol. The fourth-order valence-corrected chi connectivity index (χ4v) is 1.53. The van der Waals surface area contributed by atoms with E-state index in [0.717, 1.165) is 12.1 Å². The van der Waals surface area contributed by atoms with Gasteiger partial charge >= 0.3 is 5.97 Å². The zero-order chi connectivity index (χ0) is 14.7. The average Bonchev–Trinajstić information content (AvgIpc) is 2.91. The standard InChI is InChI=1S/C13H12F2N2O3/c1-3-19-13(18)7(2)12-16-11(17-20-12)8-4-5-9(14)10(15)6-8/h4-7H,3H2,1-2H3. The molecular formula is C13H12F2N2O3. The highest BCUT2D eigenvalue weighted by atomic mass is 19.2. The van der Waals surface area contributed by atoms with Gasteiger partial charge in [-0.25, -0.2) is 8.78 Å². The Balaban J connectivity index is 2.24. The highest BCUT2D eigenvalue weighted by Gasteiger charge is 2.23. The lowest BCUT2D eigenvalue weighted by molar-refractivity contribution is -0.145. The first kappa shape index (κ1) is 14.1. The lowest BCUT2D eigenvalue weighted by Gasteiger charge is -2.04. The Morgan fingerprint density at radius 2 is 2.15 bits per heavy atom. The number of hydrogen-bond donors (Lipinski definition) is 0. The zero-order valence-corrected chi connectivity index (χ0v) is 10.9. The Morgan fingerprint density at radius 1 is 1.40 bits per heavy atom. The first-order chi connectivity index (χ1) is 9.52. The molecule has 1 heterocycles. The van der Waals surface area contributed by atoms with Crippen LogP contribution < -0.4 is 0 Å². The van der Waals surface area contributed by atoms with E-state index in [2.05, 4.69) is 10.1 Å². The Bertz CT molecular complexity index is 628. The molecule has 0 aliphatic rings. The summed E-state index contributed by atoms with van der Waals surface area (Å²) < 4.78 is 35.7. The molecule has 0 saturated carbocycles. The minimum atomic E-state index is -1.01. The minimum Gasteiger partial charge on any atom is -0.465 e. The number of carbonyl (C=O) groups excluding carboxylic acids is 1. The normalized spacial score (nSPS) is 12.2. The van der Waals surface area contributed by atoms with Gasteiger partial charge in [-0.3, -0.25) is 4.79 Å². The number of aromatic nitrogens is 2. The van der Waals surface area contributed by atoms with E-state index in [1.165, 1.54) is 6.07 Å². The zero-order valence-electron chi connectivity index (χ0n) is 10.9. The van der Waals surface area contributed by atoms with Gasteiger partial charge in [-0.1, -0.05) is 5.16 Å². The van der Waals surface area contributed by atoms with Crippen molar-refractivity contribution in [3.63, 3.8) is 0 Å². The third-order valence-corrected chi connectivity index (χ3v) is 2.63. The number of halogens is 2. The molecule has 0 amide bonds. The number of ether oxygens (including phenoxy) is 1. The van der Waals surface area contributed by atoms with E-state index in [1.807, 2.05) is 0 Å². The van der Waals surface area contributed by atoms with Gasteiger partial charge in [0.05, 0.1) is 6.61 Å². The summed E-state index contributed by atoms with van der Waals surface area (Å²) in [6, 6.07) is 3.25. The van der Waals surface area contributed by atoms with Crippen molar-refractivity contribution in [3.8, 4) is 11.4 Å². The molecule has 0 spiro atoms. The summed E-state index contributed by atoms with van der Waals surface area (Å²) in [6.45, 7) is 3.49. The van der Waals surface area contributed by atoms with Gasteiger partial charge < -0.3 is 9.26 Å². The maximum atomic E-state index is 13.1. The molecule has 1 aromatic heterocycles.